The van der Waals surface area contributed by atoms with E-state index in [9.17, 15) is 0 Å². The van der Waals surface area contributed by atoms with Crippen molar-refractivity contribution in [3.8, 4) is 0 Å². The van der Waals surface area contributed by atoms with E-state index in [0.717, 1.165) is 32.4 Å². The van der Waals surface area contributed by atoms with E-state index in [2.05, 4.69) is 11.9 Å². The number of aliphatic hydroxyl groups is 1. The largest absolute Gasteiger partial charge is 0.396 e. The molecule has 0 bridgehead atoms. The third-order valence-corrected chi connectivity index (χ3v) is 2.41. The van der Waals surface area contributed by atoms with E-state index >= 15 is 0 Å². The Morgan fingerprint density at radius 1 is 1.46 bits per heavy atom. The van der Waals surface area contributed by atoms with Crippen molar-refractivity contribution >= 4 is 0 Å². The Labute approximate surface area is 81.9 Å². The number of hydrogen-bond donors (Lipinski definition) is 2. The quantitative estimate of drug-likeness (QED) is 0.689. The molecular weight excluding hydrogens is 164 g/mol. The zero-order chi connectivity index (χ0) is 10.3. The molecule has 80 valence electrons. The minimum Gasteiger partial charge on any atom is -0.396 e. The van der Waals surface area contributed by atoms with E-state index in [1.807, 2.05) is 13.8 Å². The molecule has 0 aliphatic carbocycles. The summed E-state index contributed by atoms with van der Waals surface area (Å²) in [6, 6.07) is 0. The van der Waals surface area contributed by atoms with Crippen molar-refractivity contribution in [3.05, 3.63) is 0 Å². The summed E-state index contributed by atoms with van der Waals surface area (Å²) in [7, 11) is 2.09. The summed E-state index contributed by atoms with van der Waals surface area (Å²) in [6.07, 6.45) is 2.86. The van der Waals surface area contributed by atoms with Gasteiger partial charge in [0.15, 0.2) is 0 Å². The van der Waals surface area contributed by atoms with Crippen LogP contribution in [0.15, 0.2) is 0 Å². The van der Waals surface area contributed by atoms with Crippen molar-refractivity contribution in [1.82, 2.24) is 4.90 Å². The molecule has 1 saturated heterocycles. The first-order valence-electron chi connectivity index (χ1n) is 5.25. The normalized spacial score (nSPS) is 28.4. The first-order chi connectivity index (χ1) is 6.16. The highest BCUT2D eigenvalue weighted by molar-refractivity contribution is 4.92. The van der Waals surface area contributed by atoms with Crippen molar-refractivity contribution in [2.75, 3.05) is 26.7 Å². The van der Waals surface area contributed by atoms with Crippen LogP contribution in [0.1, 0.15) is 33.1 Å². The first-order valence-corrected chi connectivity index (χ1v) is 5.25. The molecule has 0 amide bonds. The maximum atomic E-state index is 8.64. The Morgan fingerprint density at radius 2 is 2.08 bits per heavy atom. The molecule has 0 aromatic heterocycles. The Morgan fingerprint density at radius 3 is 2.46 bits per heavy atom. The van der Waals surface area contributed by atoms with Gasteiger partial charge in [0, 0.05) is 18.7 Å². The first kappa shape index (κ1) is 12.9. The van der Waals surface area contributed by atoms with Crippen molar-refractivity contribution in [2.24, 2.45) is 5.73 Å². The van der Waals surface area contributed by atoms with Gasteiger partial charge in [-0.3, -0.25) is 0 Å². The number of likely N-dealkylation sites (N-methyl/N-ethyl adjacent to an activating group) is 1. The summed E-state index contributed by atoms with van der Waals surface area (Å²) in [5.41, 5.74) is 6.07. The van der Waals surface area contributed by atoms with E-state index < -0.39 is 0 Å². The van der Waals surface area contributed by atoms with Crippen molar-refractivity contribution < 1.29 is 5.11 Å². The fourth-order valence-corrected chi connectivity index (χ4v) is 1.74. The molecule has 0 radical (unpaired) electrons. The lowest BCUT2D eigenvalue weighted by atomic mass is 9.94. The summed E-state index contributed by atoms with van der Waals surface area (Å²) in [5, 5.41) is 8.64. The second-order valence-electron chi connectivity index (χ2n) is 3.68. The Kier molecular flexibility index (Phi) is 6.29. The van der Waals surface area contributed by atoms with E-state index in [1.165, 1.54) is 0 Å². The molecule has 3 heteroatoms. The smallest absolute Gasteiger partial charge is 0.0431 e. The van der Waals surface area contributed by atoms with E-state index in [0.29, 0.717) is 0 Å². The number of nitrogens with zero attached hydrogens (tertiary/aromatic N) is 1. The topological polar surface area (TPSA) is 49.5 Å². The van der Waals surface area contributed by atoms with Crippen molar-refractivity contribution in [2.45, 2.75) is 38.6 Å². The van der Waals surface area contributed by atoms with Gasteiger partial charge in [0.1, 0.15) is 0 Å². The molecule has 1 unspecified atom stereocenters. The summed E-state index contributed by atoms with van der Waals surface area (Å²) < 4.78 is 0. The van der Waals surface area contributed by atoms with Crippen LogP contribution in [0.2, 0.25) is 0 Å². The van der Waals surface area contributed by atoms with E-state index in [1.54, 1.807) is 0 Å². The Hall–Kier alpha value is -0.120. The predicted molar refractivity (Wildman–Crippen MR) is 56.7 cm³/mol. The van der Waals surface area contributed by atoms with Gasteiger partial charge in [-0.1, -0.05) is 13.8 Å². The SMILES string of the molecule is CC.CN1CCC(N)(CCCO)C1. The van der Waals surface area contributed by atoms with Crippen LogP contribution in [0.3, 0.4) is 0 Å². The molecule has 1 heterocycles. The standard InChI is InChI=1S/C8H18N2O.C2H6/c1-10-5-4-8(9,7-10)3-2-6-11;1-2/h11H,2-7,9H2,1H3;1-2H3. The Balaban J connectivity index is 0.000000671. The van der Waals surface area contributed by atoms with Gasteiger partial charge in [0.25, 0.3) is 0 Å². The highest BCUT2D eigenvalue weighted by Crippen LogP contribution is 2.21. The number of hydrogen-bond acceptors (Lipinski definition) is 3. The lowest BCUT2D eigenvalue weighted by Crippen LogP contribution is -2.42. The average molecular weight is 188 g/mol. The minimum absolute atomic E-state index is 0.0164. The molecule has 3 N–H and O–H groups in total. The van der Waals surface area contributed by atoms with E-state index in [-0.39, 0.29) is 12.1 Å². The molecule has 0 aromatic carbocycles. The minimum atomic E-state index is -0.0164. The van der Waals surface area contributed by atoms with Crippen LogP contribution in [-0.2, 0) is 0 Å². The zero-order valence-electron chi connectivity index (χ0n) is 9.21. The molecule has 0 aromatic rings. The molecule has 1 aliphatic rings. The highest BCUT2D eigenvalue weighted by Gasteiger charge is 2.31. The molecule has 1 fully saturated rings. The lowest BCUT2D eigenvalue weighted by molar-refractivity contribution is 0.259. The highest BCUT2D eigenvalue weighted by atomic mass is 16.2. The van der Waals surface area contributed by atoms with Crippen LogP contribution >= 0.6 is 0 Å². The molecule has 1 aliphatic heterocycles. The van der Waals surface area contributed by atoms with Crippen LogP contribution in [0.4, 0.5) is 0 Å². The summed E-state index contributed by atoms with van der Waals surface area (Å²) in [6.45, 7) is 6.34. The number of likely N-dealkylation sites (tertiary alicyclic amines) is 1. The fourth-order valence-electron chi connectivity index (χ4n) is 1.74. The molecular formula is C10H24N2O. The van der Waals surface area contributed by atoms with Gasteiger partial charge >= 0.3 is 0 Å². The summed E-state index contributed by atoms with van der Waals surface area (Å²) >= 11 is 0. The summed E-state index contributed by atoms with van der Waals surface area (Å²) in [5.74, 6) is 0. The van der Waals surface area contributed by atoms with Crippen LogP contribution in [0.5, 0.6) is 0 Å². The van der Waals surface area contributed by atoms with Gasteiger partial charge in [-0.2, -0.15) is 0 Å². The second-order valence-corrected chi connectivity index (χ2v) is 3.68. The number of aliphatic hydroxyl groups excluding tert-OH is 1. The second kappa shape index (κ2) is 6.35. The van der Waals surface area contributed by atoms with Crippen LogP contribution in [-0.4, -0.2) is 42.3 Å². The van der Waals surface area contributed by atoms with Gasteiger partial charge in [-0.15, -0.1) is 0 Å². The third kappa shape index (κ3) is 4.60. The number of nitrogens with two attached hydrogens (primary N) is 1. The van der Waals surface area contributed by atoms with Gasteiger partial charge in [-0.25, -0.2) is 0 Å². The molecule has 0 spiro atoms. The molecule has 1 rings (SSSR count). The fraction of sp³-hybridized carbons (Fsp3) is 1.00. The van der Waals surface area contributed by atoms with Crippen LogP contribution in [0.25, 0.3) is 0 Å². The van der Waals surface area contributed by atoms with Gasteiger partial charge in [-0.05, 0) is 32.9 Å². The number of rotatable bonds is 3. The van der Waals surface area contributed by atoms with Crippen LogP contribution in [0, 0.1) is 0 Å². The zero-order valence-corrected chi connectivity index (χ0v) is 9.21. The maximum absolute atomic E-state index is 8.64. The predicted octanol–water partition coefficient (Wildman–Crippen LogP) is 0.818. The molecule has 13 heavy (non-hydrogen) atoms. The van der Waals surface area contributed by atoms with Crippen LogP contribution < -0.4 is 5.73 Å². The molecule has 3 nitrogen and oxygen atoms in total. The average Bonchev–Trinajstić information content (AvgIpc) is 2.47. The van der Waals surface area contributed by atoms with Gasteiger partial charge in [0.2, 0.25) is 0 Å². The van der Waals surface area contributed by atoms with Crippen molar-refractivity contribution in [1.29, 1.82) is 0 Å². The summed E-state index contributed by atoms with van der Waals surface area (Å²) in [4.78, 5) is 2.25. The third-order valence-electron chi connectivity index (χ3n) is 2.41. The molecule has 1 atom stereocenters. The molecule has 0 saturated carbocycles. The van der Waals surface area contributed by atoms with Gasteiger partial charge < -0.3 is 15.7 Å². The monoisotopic (exact) mass is 188 g/mol. The van der Waals surface area contributed by atoms with E-state index in [4.69, 9.17) is 10.8 Å². The lowest BCUT2D eigenvalue weighted by Gasteiger charge is -2.22. The van der Waals surface area contributed by atoms with Gasteiger partial charge in [0.05, 0.1) is 0 Å². The van der Waals surface area contributed by atoms with Crippen molar-refractivity contribution in [3.63, 3.8) is 0 Å². The Bertz CT molecular complexity index is 130. The maximum Gasteiger partial charge on any atom is 0.0431 e.